The lowest BCUT2D eigenvalue weighted by Gasteiger charge is -1.97. The summed E-state index contributed by atoms with van der Waals surface area (Å²) in [6, 6.07) is 8.26. The Morgan fingerprint density at radius 1 is 0.941 bits per heavy atom. The number of hydrogen-bond acceptors (Lipinski definition) is 4. The van der Waals surface area contributed by atoms with E-state index in [2.05, 4.69) is 0 Å². The van der Waals surface area contributed by atoms with Gasteiger partial charge in [-0.2, -0.15) is 0 Å². The maximum Gasteiger partial charge on any atom is 0.371 e. The highest BCUT2D eigenvalue weighted by molar-refractivity contribution is 6.06. The van der Waals surface area contributed by atoms with E-state index in [1.807, 2.05) is 0 Å². The maximum atomic E-state index is 11.2. The standard InChI is InChI=1S/C12H10O5/c13-9(7-11(15)12(16)17)6-10(14)8-4-2-1-3-5-8/h1-7,14-15H,(H,16,17)/b10-6+,11-7-. The molecule has 88 valence electrons. The summed E-state index contributed by atoms with van der Waals surface area (Å²) in [7, 11) is 0. The van der Waals surface area contributed by atoms with Crippen LogP contribution in [0.25, 0.3) is 5.76 Å². The molecule has 1 aromatic carbocycles. The fourth-order valence-electron chi connectivity index (χ4n) is 1.07. The van der Waals surface area contributed by atoms with Crippen molar-refractivity contribution in [3.63, 3.8) is 0 Å². The number of allylic oxidation sites excluding steroid dienone is 2. The third-order valence-corrected chi connectivity index (χ3v) is 1.85. The van der Waals surface area contributed by atoms with E-state index in [-0.39, 0.29) is 5.76 Å². The van der Waals surface area contributed by atoms with E-state index in [0.717, 1.165) is 6.08 Å². The molecule has 0 spiro atoms. The van der Waals surface area contributed by atoms with Gasteiger partial charge >= 0.3 is 5.97 Å². The zero-order valence-electron chi connectivity index (χ0n) is 8.70. The van der Waals surface area contributed by atoms with Crippen LogP contribution in [-0.2, 0) is 9.59 Å². The van der Waals surface area contributed by atoms with E-state index in [1.165, 1.54) is 0 Å². The van der Waals surface area contributed by atoms with E-state index in [9.17, 15) is 14.7 Å². The van der Waals surface area contributed by atoms with Crippen LogP contribution in [-0.4, -0.2) is 27.1 Å². The number of aliphatic hydroxyl groups excluding tert-OH is 2. The van der Waals surface area contributed by atoms with Crippen LogP contribution in [0.1, 0.15) is 5.56 Å². The van der Waals surface area contributed by atoms with Crippen LogP contribution in [0.3, 0.4) is 0 Å². The van der Waals surface area contributed by atoms with Gasteiger partial charge in [-0.1, -0.05) is 30.3 Å². The first-order valence-electron chi connectivity index (χ1n) is 4.64. The summed E-state index contributed by atoms with van der Waals surface area (Å²) < 4.78 is 0. The van der Waals surface area contributed by atoms with Crippen LogP contribution in [0.15, 0.2) is 48.2 Å². The summed E-state index contributed by atoms with van der Waals surface area (Å²) in [6.45, 7) is 0. The Bertz CT molecular complexity index is 485. The predicted molar refractivity (Wildman–Crippen MR) is 60.4 cm³/mol. The van der Waals surface area contributed by atoms with Gasteiger partial charge in [-0.15, -0.1) is 0 Å². The minimum atomic E-state index is -1.61. The highest BCUT2D eigenvalue weighted by Crippen LogP contribution is 2.10. The molecular formula is C12H10O5. The quantitative estimate of drug-likeness (QED) is 0.544. The van der Waals surface area contributed by atoms with Gasteiger partial charge in [0.1, 0.15) is 5.76 Å². The van der Waals surface area contributed by atoms with Gasteiger partial charge in [0.15, 0.2) is 5.78 Å². The number of carboxylic acids is 1. The maximum absolute atomic E-state index is 11.2. The summed E-state index contributed by atoms with van der Waals surface area (Å²) in [5, 5.41) is 26.7. The van der Waals surface area contributed by atoms with Crippen LogP contribution in [0.2, 0.25) is 0 Å². The third kappa shape index (κ3) is 3.83. The summed E-state index contributed by atoms with van der Waals surface area (Å²) in [5.41, 5.74) is 0.420. The molecule has 0 bridgehead atoms. The van der Waals surface area contributed by atoms with Crippen molar-refractivity contribution in [1.29, 1.82) is 0 Å². The molecule has 0 aromatic heterocycles. The molecule has 0 radical (unpaired) electrons. The number of hydrogen-bond donors (Lipinski definition) is 3. The van der Waals surface area contributed by atoms with Gasteiger partial charge < -0.3 is 15.3 Å². The molecule has 0 atom stereocenters. The molecule has 0 saturated heterocycles. The van der Waals surface area contributed by atoms with Crippen molar-refractivity contribution in [2.45, 2.75) is 0 Å². The second kappa shape index (κ2) is 5.50. The van der Waals surface area contributed by atoms with Crippen molar-refractivity contribution in [3.8, 4) is 0 Å². The van der Waals surface area contributed by atoms with Gasteiger partial charge in [-0.25, -0.2) is 4.79 Å². The smallest absolute Gasteiger partial charge is 0.371 e. The van der Waals surface area contributed by atoms with Crippen molar-refractivity contribution in [3.05, 3.63) is 53.8 Å². The highest BCUT2D eigenvalue weighted by atomic mass is 16.4. The van der Waals surface area contributed by atoms with Crippen molar-refractivity contribution in [2.75, 3.05) is 0 Å². The summed E-state index contributed by atoms with van der Waals surface area (Å²) in [4.78, 5) is 21.4. The lowest BCUT2D eigenvalue weighted by Crippen LogP contribution is -2.02. The number of benzene rings is 1. The number of carbonyl (C=O) groups excluding carboxylic acids is 1. The van der Waals surface area contributed by atoms with E-state index >= 15 is 0 Å². The van der Waals surface area contributed by atoms with Crippen molar-refractivity contribution in [2.24, 2.45) is 0 Å². The molecule has 0 heterocycles. The Balaban J connectivity index is 2.87. The molecule has 17 heavy (non-hydrogen) atoms. The monoisotopic (exact) mass is 234 g/mol. The lowest BCUT2D eigenvalue weighted by molar-refractivity contribution is -0.135. The zero-order valence-corrected chi connectivity index (χ0v) is 8.70. The van der Waals surface area contributed by atoms with Gasteiger partial charge in [0.25, 0.3) is 0 Å². The van der Waals surface area contributed by atoms with Crippen molar-refractivity contribution >= 4 is 17.5 Å². The van der Waals surface area contributed by atoms with Crippen molar-refractivity contribution in [1.82, 2.24) is 0 Å². The normalized spacial score (nSPS) is 12.2. The minimum Gasteiger partial charge on any atom is -0.507 e. The Labute approximate surface area is 96.9 Å². The Morgan fingerprint density at radius 2 is 1.53 bits per heavy atom. The van der Waals surface area contributed by atoms with E-state index in [0.29, 0.717) is 11.6 Å². The molecule has 0 unspecified atom stereocenters. The molecule has 0 amide bonds. The molecule has 5 nitrogen and oxygen atoms in total. The molecule has 5 heteroatoms. The topological polar surface area (TPSA) is 94.8 Å². The fraction of sp³-hybridized carbons (Fsp3) is 0. The number of aliphatic hydroxyl groups is 2. The zero-order chi connectivity index (χ0) is 12.8. The molecular weight excluding hydrogens is 224 g/mol. The Kier molecular flexibility index (Phi) is 4.05. The number of aliphatic carboxylic acids is 1. The first kappa shape index (κ1) is 12.5. The number of ketones is 1. The summed E-state index contributed by atoms with van der Waals surface area (Å²) in [6.07, 6.45) is 1.34. The van der Waals surface area contributed by atoms with Crippen molar-refractivity contribution < 1.29 is 24.9 Å². The number of carboxylic acid groups (broad SMARTS) is 1. The van der Waals surface area contributed by atoms with Crippen LogP contribution in [0.5, 0.6) is 0 Å². The average molecular weight is 234 g/mol. The first-order valence-corrected chi connectivity index (χ1v) is 4.64. The van der Waals surface area contributed by atoms with Gasteiger partial charge in [0.05, 0.1) is 0 Å². The van der Waals surface area contributed by atoms with Crippen LogP contribution in [0, 0.1) is 0 Å². The Morgan fingerprint density at radius 3 is 2.06 bits per heavy atom. The van der Waals surface area contributed by atoms with Gasteiger partial charge in [0.2, 0.25) is 5.76 Å². The largest absolute Gasteiger partial charge is 0.507 e. The lowest BCUT2D eigenvalue weighted by atomic mass is 10.1. The van der Waals surface area contributed by atoms with Gasteiger partial charge in [-0.3, -0.25) is 4.79 Å². The molecule has 0 saturated carbocycles. The second-order valence-electron chi connectivity index (χ2n) is 3.13. The van der Waals surface area contributed by atoms with Gasteiger partial charge in [0, 0.05) is 17.7 Å². The molecule has 0 fully saturated rings. The molecule has 0 aliphatic rings. The first-order chi connectivity index (χ1) is 8.00. The van der Waals surface area contributed by atoms with Gasteiger partial charge in [-0.05, 0) is 0 Å². The molecule has 0 aliphatic carbocycles. The SMILES string of the molecule is O=C(/C=C(\O)C(=O)O)/C=C(/O)c1ccccc1. The third-order valence-electron chi connectivity index (χ3n) is 1.85. The predicted octanol–water partition coefficient (Wildman–Crippen LogP) is 1.68. The highest BCUT2D eigenvalue weighted by Gasteiger charge is 2.07. The van der Waals surface area contributed by atoms with E-state index in [4.69, 9.17) is 10.2 Å². The molecule has 3 N–H and O–H groups in total. The molecule has 1 aromatic rings. The Hall–Kier alpha value is -2.56. The summed E-state index contributed by atoms with van der Waals surface area (Å²) >= 11 is 0. The minimum absolute atomic E-state index is 0.301. The number of rotatable bonds is 4. The van der Waals surface area contributed by atoms with Crippen LogP contribution in [0.4, 0.5) is 0 Å². The molecule has 0 aliphatic heterocycles. The second-order valence-corrected chi connectivity index (χ2v) is 3.13. The average Bonchev–Trinajstić information content (AvgIpc) is 2.29. The van der Waals surface area contributed by atoms with E-state index < -0.39 is 17.5 Å². The van der Waals surface area contributed by atoms with Crippen LogP contribution >= 0.6 is 0 Å². The fourth-order valence-corrected chi connectivity index (χ4v) is 1.07. The molecule has 1 rings (SSSR count). The van der Waals surface area contributed by atoms with E-state index in [1.54, 1.807) is 30.3 Å². The van der Waals surface area contributed by atoms with Crippen LogP contribution < -0.4 is 0 Å². The summed E-state index contributed by atoms with van der Waals surface area (Å²) in [5.74, 6) is -3.80. The number of carbonyl (C=O) groups is 2.